The van der Waals surface area contributed by atoms with Crippen LogP contribution >= 0.6 is 24.0 Å². The van der Waals surface area contributed by atoms with E-state index in [1.165, 1.54) is 44.1 Å². The maximum absolute atomic E-state index is 12.7. The highest BCUT2D eigenvalue weighted by Crippen LogP contribution is 2.35. The van der Waals surface area contributed by atoms with Gasteiger partial charge < -0.3 is 10.2 Å². The number of hydrogen-bond acceptors (Lipinski definition) is 3. The second kappa shape index (κ2) is 10.3. The van der Waals surface area contributed by atoms with Gasteiger partial charge in [0.25, 0.3) is 0 Å². The van der Waals surface area contributed by atoms with Crippen LogP contribution in [0.5, 0.6) is 0 Å². The van der Waals surface area contributed by atoms with Gasteiger partial charge in [0.2, 0.25) is 5.91 Å². The molecule has 0 aromatic heterocycles. The number of piperidine rings is 1. The van der Waals surface area contributed by atoms with E-state index >= 15 is 0 Å². The van der Waals surface area contributed by atoms with Crippen LogP contribution < -0.4 is 5.32 Å². The van der Waals surface area contributed by atoms with Crippen LogP contribution in [0.2, 0.25) is 0 Å². The number of thioether (sulfide) groups is 1. The Kier molecular flexibility index (Phi) is 7.81. The van der Waals surface area contributed by atoms with Crippen LogP contribution in [0.15, 0.2) is 30.3 Å². The number of nitrogens with one attached hydrogen (secondary N) is 1. The molecule has 1 aromatic carbocycles. The second-order valence-corrected chi connectivity index (χ2v) is 9.19. The number of nitrogens with zero attached hydrogens (tertiary/aromatic N) is 1. The standard InChI is InChI=1S/C21H30N2OS2/c24-20(23-14-6-11-18-10-4-5-12-19(18)23)13-7-15-26-21(25)22-16-17-8-2-1-3-9-17/h1-3,8-9,18-19H,4-7,10-16H2,(H,22,25). The molecule has 1 aliphatic carbocycles. The highest BCUT2D eigenvalue weighted by Gasteiger charge is 2.35. The Labute approximate surface area is 167 Å². The fraction of sp³-hybridized carbons (Fsp3) is 0.619. The van der Waals surface area contributed by atoms with Gasteiger partial charge in [-0.3, -0.25) is 4.79 Å². The second-order valence-electron chi connectivity index (χ2n) is 7.42. The molecule has 142 valence electrons. The van der Waals surface area contributed by atoms with Gasteiger partial charge in [0.1, 0.15) is 4.32 Å². The molecular weight excluding hydrogens is 360 g/mol. The van der Waals surface area contributed by atoms with Gasteiger partial charge in [-0.15, -0.1) is 0 Å². The molecule has 0 bridgehead atoms. The van der Waals surface area contributed by atoms with Crippen molar-refractivity contribution >= 4 is 34.2 Å². The molecular formula is C21H30N2OS2. The summed E-state index contributed by atoms with van der Waals surface area (Å²) in [5.74, 6) is 2.05. The normalized spacial score (nSPS) is 22.5. The number of likely N-dealkylation sites (tertiary alicyclic amines) is 1. The molecule has 26 heavy (non-hydrogen) atoms. The van der Waals surface area contributed by atoms with Gasteiger partial charge in [-0.2, -0.15) is 0 Å². The van der Waals surface area contributed by atoms with Crippen molar-refractivity contribution in [3.05, 3.63) is 35.9 Å². The van der Waals surface area contributed by atoms with Crippen LogP contribution in [0, 0.1) is 5.92 Å². The zero-order valence-corrected chi connectivity index (χ0v) is 17.1. The lowest BCUT2D eigenvalue weighted by Gasteiger charge is -2.44. The van der Waals surface area contributed by atoms with Crippen LogP contribution in [0.3, 0.4) is 0 Å². The number of hydrogen-bond donors (Lipinski definition) is 1. The van der Waals surface area contributed by atoms with Crippen LogP contribution in [-0.4, -0.2) is 33.5 Å². The lowest BCUT2D eigenvalue weighted by molar-refractivity contribution is -0.137. The van der Waals surface area contributed by atoms with E-state index in [1.807, 2.05) is 18.2 Å². The minimum atomic E-state index is 0.366. The molecule has 2 unspecified atom stereocenters. The Balaban J connectivity index is 1.32. The quantitative estimate of drug-likeness (QED) is 0.561. The Morgan fingerprint density at radius 2 is 1.92 bits per heavy atom. The molecule has 0 spiro atoms. The van der Waals surface area contributed by atoms with Crippen LogP contribution in [0.1, 0.15) is 56.9 Å². The monoisotopic (exact) mass is 390 g/mol. The first-order valence-electron chi connectivity index (χ1n) is 9.98. The van der Waals surface area contributed by atoms with Crippen molar-refractivity contribution in [2.75, 3.05) is 12.3 Å². The number of carbonyl (C=O) groups excluding carboxylic acids is 1. The summed E-state index contributed by atoms with van der Waals surface area (Å²) in [6.45, 7) is 1.74. The highest BCUT2D eigenvalue weighted by atomic mass is 32.2. The molecule has 1 heterocycles. The third-order valence-electron chi connectivity index (χ3n) is 5.61. The van der Waals surface area contributed by atoms with E-state index in [-0.39, 0.29) is 0 Å². The number of carbonyl (C=O) groups is 1. The van der Waals surface area contributed by atoms with Gasteiger partial charge in [0.05, 0.1) is 0 Å². The minimum Gasteiger partial charge on any atom is -0.367 e. The number of amides is 1. The maximum atomic E-state index is 12.7. The summed E-state index contributed by atoms with van der Waals surface area (Å²) in [5.41, 5.74) is 1.23. The molecule has 5 heteroatoms. The molecule has 1 aromatic rings. The fourth-order valence-corrected chi connectivity index (χ4v) is 5.26. The summed E-state index contributed by atoms with van der Waals surface area (Å²) >= 11 is 7.05. The predicted octanol–water partition coefficient (Wildman–Crippen LogP) is 4.76. The first kappa shape index (κ1) is 19.7. The highest BCUT2D eigenvalue weighted by molar-refractivity contribution is 8.22. The maximum Gasteiger partial charge on any atom is 0.222 e. The molecule has 1 amide bonds. The van der Waals surface area contributed by atoms with Gasteiger partial charge in [0, 0.05) is 31.3 Å². The van der Waals surface area contributed by atoms with Crippen molar-refractivity contribution in [3.63, 3.8) is 0 Å². The molecule has 1 N–H and O–H groups in total. The molecule has 3 nitrogen and oxygen atoms in total. The molecule has 2 fully saturated rings. The van der Waals surface area contributed by atoms with E-state index in [4.69, 9.17) is 12.2 Å². The number of rotatable bonds is 6. The van der Waals surface area contributed by atoms with Gasteiger partial charge in [-0.1, -0.05) is 67.2 Å². The first-order valence-corrected chi connectivity index (χ1v) is 11.4. The van der Waals surface area contributed by atoms with Gasteiger partial charge >= 0.3 is 0 Å². The number of fused-ring (bicyclic) bond motifs is 1. The topological polar surface area (TPSA) is 32.3 Å². The summed E-state index contributed by atoms with van der Waals surface area (Å²) in [5, 5.41) is 3.29. The van der Waals surface area contributed by atoms with Crippen molar-refractivity contribution in [2.45, 2.75) is 64.0 Å². The fourth-order valence-electron chi connectivity index (χ4n) is 4.29. The van der Waals surface area contributed by atoms with Gasteiger partial charge in [-0.25, -0.2) is 0 Å². The molecule has 2 aliphatic rings. The largest absolute Gasteiger partial charge is 0.367 e. The molecule has 1 aliphatic heterocycles. The van der Waals surface area contributed by atoms with E-state index < -0.39 is 0 Å². The van der Waals surface area contributed by atoms with Crippen molar-refractivity contribution in [3.8, 4) is 0 Å². The summed E-state index contributed by atoms with van der Waals surface area (Å²) in [6, 6.07) is 10.8. The van der Waals surface area contributed by atoms with Crippen molar-refractivity contribution in [1.29, 1.82) is 0 Å². The smallest absolute Gasteiger partial charge is 0.222 e. The van der Waals surface area contributed by atoms with E-state index in [9.17, 15) is 4.79 Å². The summed E-state index contributed by atoms with van der Waals surface area (Å²) < 4.78 is 0.826. The number of benzene rings is 1. The first-order chi connectivity index (χ1) is 12.7. The summed E-state index contributed by atoms with van der Waals surface area (Å²) in [7, 11) is 0. The van der Waals surface area contributed by atoms with E-state index in [2.05, 4.69) is 22.3 Å². The SMILES string of the molecule is O=C(CCCSC(=S)NCc1ccccc1)N1CCCC2CCCCC21. The Hall–Kier alpha value is -1.07. The van der Waals surface area contributed by atoms with E-state index in [0.717, 1.165) is 35.5 Å². The lowest BCUT2D eigenvalue weighted by Crippen LogP contribution is -2.49. The third-order valence-corrected chi connectivity index (χ3v) is 7.01. The zero-order chi connectivity index (χ0) is 18.2. The molecule has 1 saturated carbocycles. The minimum absolute atomic E-state index is 0.366. The average Bonchev–Trinajstić information content (AvgIpc) is 2.70. The third kappa shape index (κ3) is 5.71. The summed E-state index contributed by atoms with van der Waals surface area (Å²) in [6.07, 6.45) is 9.28. The predicted molar refractivity (Wildman–Crippen MR) is 114 cm³/mol. The summed E-state index contributed by atoms with van der Waals surface area (Å²) in [4.78, 5) is 14.9. The van der Waals surface area contributed by atoms with E-state index in [1.54, 1.807) is 11.8 Å². The van der Waals surface area contributed by atoms with Gasteiger partial charge in [-0.05, 0) is 43.6 Å². The Morgan fingerprint density at radius 1 is 1.15 bits per heavy atom. The molecule has 1 saturated heterocycles. The Bertz CT molecular complexity index is 591. The van der Waals surface area contributed by atoms with Crippen molar-refractivity contribution < 1.29 is 4.79 Å². The van der Waals surface area contributed by atoms with Crippen molar-refractivity contribution in [2.24, 2.45) is 5.92 Å². The van der Waals surface area contributed by atoms with Crippen LogP contribution in [0.25, 0.3) is 0 Å². The molecule has 0 radical (unpaired) electrons. The van der Waals surface area contributed by atoms with Crippen molar-refractivity contribution in [1.82, 2.24) is 10.2 Å². The number of thiocarbonyl (C=S) groups is 1. The lowest BCUT2D eigenvalue weighted by atomic mass is 9.78. The van der Waals surface area contributed by atoms with Crippen LogP contribution in [0.4, 0.5) is 0 Å². The molecule has 2 atom stereocenters. The van der Waals surface area contributed by atoms with E-state index in [0.29, 0.717) is 18.4 Å². The van der Waals surface area contributed by atoms with Crippen LogP contribution in [-0.2, 0) is 11.3 Å². The zero-order valence-electron chi connectivity index (χ0n) is 15.5. The average molecular weight is 391 g/mol. The Morgan fingerprint density at radius 3 is 2.77 bits per heavy atom. The molecule has 3 rings (SSSR count). The van der Waals surface area contributed by atoms with Gasteiger partial charge in [0.15, 0.2) is 0 Å².